The van der Waals surface area contributed by atoms with Crippen LogP contribution in [0, 0.1) is 26.0 Å². The van der Waals surface area contributed by atoms with E-state index in [2.05, 4.69) is 128 Å². The van der Waals surface area contributed by atoms with E-state index in [1.165, 1.54) is 83.1 Å². The van der Waals surface area contributed by atoms with Crippen molar-refractivity contribution in [3.8, 4) is 11.1 Å². The minimum absolute atomic E-state index is 0. The van der Waals surface area contributed by atoms with Crippen molar-refractivity contribution in [1.29, 1.82) is 0 Å². The molecule has 0 saturated carbocycles. The third-order valence-electron chi connectivity index (χ3n) is 7.86. The van der Waals surface area contributed by atoms with Crippen LogP contribution >= 0.6 is 11.6 Å². The molecular weight excluding hydrogens is 690 g/mol. The van der Waals surface area contributed by atoms with E-state index in [4.69, 9.17) is 11.6 Å². The van der Waals surface area contributed by atoms with Crippen LogP contribution in [0.4, 0.5) is 0 Å². The monoisotopic (exact) mass is 730 g/mol. The zero-order valence-corrected chi connectivity index (χ0v) is 32.4. The number of hydrogen-bond acceptors (Lipinski definition) is 0. The molecule has 0 heterocycles. The molecule has 0 bridgehead atoms. The number of aryl methyl sites for hydroxylation is 2. The Kier molecular flexibility index (Phi) is 14.5. The zero-order chi connectivity index (χ0) is 31.4. The van der Waals surface area contributed by atoms with E-state index in [0.29, 0.717) is 0 Å². The molecule has 4 aromatic carbocycles. The van der Waals surface area contributed by atoms with E-state index >= 15 is 0 Å². The molecule has 234 valence electrons. The Morgan fingerprint density at radius 1 is 0.756 bits per heavy atom. The van der Waals surface area contributed by atoms with Crippen molar-refractivity contribution >= 4 is 14.8 Å². The summed E-state index contributed by atoms with van der Waals surface area (Å²) in [5.74, 6) is 0. The summed E-state index contributed by atoms with van der Waals surface area (Å²) >= 11 is 7.28. The first kappa shape index (κ1) is 39.2. The van der Waals surface area contributed by atoms with Gasteiger partial charge >= 0.3 is 110 Å². The molecular formula is C41H43Cl3Zr-2. The smallest absolute Gasteiger partial charge is 0.109 e. The predicted octanol–water partition coefficient (Wildman–Crippen LogP) is 5.04. The largest absolute Gasteiger partial charge is 1.00 e. The van der Waals surface area contributed by atoms with Gasteiger partial charge in [-0.2, -0.15) is 23.8 Å². The van der Waals surface area contributed by atoms with Crippen LogP contribution in [-0.2, 0) is 41.5 Å². The molecule has 0 N–H and O–H groups in total. The molecule has 0 amide bonds. The summed E-state index contributed by atoms with van der Waals surface area (Å²) in [5.41, 5.74) is 14.2. The number of benzene rings is 4. The van der Waals surface area contributed by atoms with Crippen molar-refractivity contribution < 1.29 is 49.0 Å². The molecule has 0 aromatic heterocycles. The Balaban J connectivity index is 0.000000275. The van der Waals surface area contributed by atoms with Crippen LogP contribution in [0.5, 0.6) is 0 Å². The first-order valence-corrected chi connectivity index (χ1v) is 16.7. The van der Waals surface area contributed by atoms with Crippen LogP contribution in [0.2, 0.25) is 5.02 Å². The van der Waals surface area contributed by atoms with Crippen LogP contribution in [0.3, 0.4) is 0 Å². The van der Waals surface area contributed by atoms with Gasteiger partial charge in [-0.25, -0.2) is 12.2 Å². The molecule has 0 unspecified atom stereocenters. The van der Waals surface area contributed by atoms with Gasteiger partial charge in [0.2, 0.25) is 0 Å². The van der Waals surface area contributed by atoms with Crippen molar-refractivity contribution in [3.63, 3.8) is 0 Å². The van der Waals surface area contributed by atoms with E-state index < -0.39 is 0 Å². The first-order chi connectivity index (χ1) is 20.3. The number of halogens is 3. The van der Waals surface area contributed by atoms with Gasteiger partial charge < -0.3 is 24.8 Å². The third kappa shape index (κ3) is 10.2. The van der Waals surface area contributed by atoms with Crippen LogP contribution in [-0.4, -0.2) is 3.21 Å². The number of allylic oxidation sites excluding steroid dienone is 4. The second-order valence-corrected chi connectivity index (χ2v) is 15.1. The summed E-state index contributed by atoms with van der Waals surface area (Å²) in [4.78, 5) is 0. The summed E-state index contributed by atoms with van der Waals surface area (Å²) < 4.78 is 1.36. The minimum atomic E-state index is 0. The van der Waals surface area contributed by atoms with E-state index in [0.717, 1.165) is 17.9 Å². The molecule has 4 aromatic rings. The van der Waals surface area contributed by atoms with Crippen molar-refractivity contribution in [3.05, 3.63) is 153 Å². The Morgan fingerprint density at radius 3 is 1.84 bits per heavy atom. The Morgan fingerprint density at radius 2 is 1.33 bits per heavy atom. The summed E-state index contributed by atoms with van der Waals surface area (Å²) in [7, 11) is 0. The number of fused-ring (bicyclic) bond motifs is 3. The normalized spacial score (nSPS) is 12.4. The van der Waals surface area contributed by atoms with E-state index in [-0.39, 0.29) is 35.6 Å². The second-order valence-electron chi connectivity index (χ2n) is 13.5. The number of rotatable bonds is 2. The maximum atomic E-state index is 5.86. The van der Waals surface area contributed by atoms with Gasteiger partial charge in [-0.15, -0.1) is 23.1 Å². The molecule has 2 aliphatic carbocycles. The van der Waals surface area contributed by atoms with Crippen LogP contribution in [0.25, 0.3) is 11.1 Å². The topological polar surface area (TPSA) is 0 Å². The minimum Gasteiger partial charge on any atom is -1.00 e. The third-order valence-corrected chi connectivity index (χ3v) is 9.53. The summed E-state index contributed by atoms with van der Waals surface area (Å²) in [6.07, 6.45) is 11.0. The maximum Gasteiger partial charge on any atom is -0.109 e. The van der Waals surface area contributed by atoms with Crippen molar-refractivity contribution in [2.75, 3.05) is 0 Å². The molecule has 0 spiro atoms. The molecule has 0 aliphatic heterocycles. The van der Waals surface area contributed by atoms with Gasteiger partial charge in [-0.1, -0.05) is 71.6 Å². The molecule has 6 rings (SSSR count). The van der Waals surface area contributed by atoms with Crippen LogP contribution < -0.4 is 24.8 Å². The first-order valence-electron chi connectivity index (χ1n) is 15.1. The van der Waals surface area contributed by atoms with Crippen molar-refractivity contribution in [2.45, 2.75) is 79.1 Å². The fourth-order valence-electron chi connectivity index (χ4n) is 5.75. The fourth-order valence-corrected chi connectivity index (χ4v) is 6.70. The van der Waals surface area contributed by atoms with Gasteiger partial charge in [0.05, 0.1) is 0 Å². The maximum absolute atomic E-state index is 5.86. The Labute approximate surface area is 304 Å². The number of hydrogen-bond donors (Lipinski definition) is 0. The molecule has 4 heteroatoms. The fraction of sp³-hybridized carbons (Fsp3) is 0.293. The van der Waals surface area contributed by atoms with Gasteiger partial charge in [0, 0.05) is 0 Å². The van der Waals surface area contributed by atoms with Gasteiger partial charge in [-0.05, 0) is 35.4 Å². The molecule has 0 radical (unpaired) electrons. The summed E-state index contributed by atoms with van der Waals surface area (Å²) in [5, 5.41) is 0.787. The Hall–Kier alpha value is -2.02. The van der Waals surface area contributed by atoms with Gasteiger partial charge in [0.1, 0.15) is 0 Å². The average molecular weight is 733 g/mol. The van der Waals surface area contributed by atoms with Crippen LogP contribution in [0.1, 0.15) is 92.5 Å². The zero-order valence-electron chi connectivity index (χ0n) is 27.7. The van der Waals surface area contributed by atoms with E-state index in [1.54, 1.807) is 0 Å². The van der Waals surface area contributed by atoms with Gasteiger partial charge in [0.25, 0.3) is 0 Å². The molecule has 45 heavy (non-hydrogen) atoms. The standard InChI is InChI=1S/C23H29.C13H9Cl.C5H5.2ClH.Zr/c1-14-9-16-11-17-10-15(2)21(23(6,7)8)13-19(17)18(16)12-20(14)22(3,4)5;14-13-8-6-12(7-9-13)10-11-4-2-1-3-5-11;1-2-4-5-3-1;;;/h9,12-13H,11H2,1-8H3;1-9H;1-3H,4H2;2*1H;/q-1;;-1;;;+2/p-2. The van der Waals surface area contributed by atoms with Gasteiger partial charge in [0.15, 0.2) is 0 Å². The summed E-state index contributed by atoms with van der Waals surface area (Å²) in [6.45, 7) is 18.2. The van der Waals surface area contributed by atoms with E-state index in [9.17, 15) is 0 Å². The second kappa shape index (κ2) is 16.7. The van der Waals surface area contributed by atoms with Gasteiger partial charge in [-0.3, -0.25) is 6.08 Å². The van der Waals surface area contributed by atoms with E-state index in [1.807, 2.05) is 30.4 Å². The molecule has 2 aliphatic rings. The molecule has 0 fully saturated rings. The molecule has 0 atom stereocenters. The quantitative estimate of drug-likeness (QED) is 0.224. The van der Waals surface area contributed by atoms with Crippen molar-refractivity contribution in [1.82, 2.24) is 0 Å². The predicted molar refractivity (Wildman–Crippen MR) is 183 cm³/mol. The SMILES string of the molecule is Cc1[c-]c2c(cc1C(C)(C)C)-c1cc(C(C)(C)C)c(C)cc1C2.Clc1ccc([C](=[Zr+2])c2ccccc2)cc1.[C-]1=CC=CC1.[Cl-].[Cl-]. The Bertz CT molecular complexity index is 1570. The average Bonchev–Trinajstić information content (AvgIpc) is 3.63. The van der Waals surface area contributed by atoms with Crippen LogP contribution in [0.15, 0.2) is 91.0 Å². The molecule has 0 saturated heterocycles. The van der Waals surface area contributed by atoms with Crippen molar-refractivity contribution in [2.24, 2.45) is 0 Å². The molecule has 0 nitrogen and oxygen atoms in total. The summed E-state index contributed by atoms with van der Waals surface area (Å²) in [6, 6.07) is 29.4.